The number of nitriles is 1. The molecule has 1 N–H and O–H groups in total. The van der Waals surface area contributed by atoms with Crippen molar-refractivity contribution in [2.45, 2.75) is 6.92 Å². The van der Waals surface area contributed by atoms with Crippen molar-refractivity contribution >= 4 is 23.4 Å². The number of hydrogen-bond acceptors (Lipinski definition) is 4. The minimum absolute atomic E-state index is 0.537. The minimum atomic E-state index is 0.537. The van der Waals surface area contributed by atoms with E-state index in [1.54, 1.807) is 23.9 Å². The molecule has 0 atom stereocenters. The van der Waals surface area contributed by atoms with Gasteiger partial charge in [-0.25, -0.2) is 4.68 Å². The molecule has 106 valence electrons. The molecule has 3 rings (SSSR count). The maximum absolute atomic E-state index is 9.00. The predicted octanol–water partition coefficient (Wildman–Crippen LogP) is 2.61. The maximum Gasteiger partial charge on any atom is 0.184 e. The molecular weight excluding hydrogens is 286 g/mol. The second kappa shape index (κ2) is 4.75. The lowest BCUT2D eigenvalue weighted by Crippen LogP contribution is -2.03. The molecule has 0 amide bonds. The number of nitrogens with zero attached hydrogens (tertiary/aromatic N) is 4. The summed E-state index contributed by atoms with van der Waals surface area (Å²) < 4.78 is 9.60. The monoisotopic (exact) mass is 299 g/mol. The number of imidazole rings is 1. The van der Waals surface area contributed by atoms with E-state index in [0.717, 1.165) is 22.5 Å². The average molecular weight is 299 g/mol. The molecule has 0 saturated carbocycles. The molecule has 0 unspecified atom stereocenters. The molecular formula is C14H13N5OS. The molecule has 0 aliphatic heterocycles. The van der Waals surface area contributed by atoms with E-state index in [0.29, 0.717) is 16.1 Å². The Hall–Kier alpha value is -2.59. The molecule has 0 saturated heterocycles. The molecule has 0 bridgehead atoms. The van der Waals surface area contributed by atoms with Gasteiger partial charge in [0.2, 0.25) is 0 Å². The summed E-state index contributed by atoms with van der Waals surface area (Å²) in [5.41, 5.74) is 3.95. The van der Waals surface area contributed by atoms with E-state index in [1.807, 2.05) is 24.6 Å². The minimum Gasteiger partial charge on any atom is -0.495 e. The molecule has 0 radical (unpaired) electrons. The number of aryl methyl sites for hydroxylation is 2. The molecule has 1 aromatic carbocycles. The van der Waals surface area contributed by atoms with Crippen molar-refractivity contribution < 1.29 is 4.74 Å². The van der Waals surface area contributed by atoms with Gasteiger partial charge in [0.15, 0.2) is 10.4 Å². The van der Waals surface area contributed by atoms with Gasteiger partial charge in [0.1, 0.15) is 11.3 Å². The van der Waals surface area contributed by atoms with Gasteiger partial charge in [-0.1, -0.05) is 0 Å². The smallest absolute Gasteiger partial charge is 0.184 e. The van der Waals surface area contributed by atoms with Crippen molar-refractivity contribution in [3.63, 3.8) is 0 Å². The zero-order valence-electron chi connectivity index (χ0n) is 11.8. The largest absolute Gasteiger partial charge is 0.495 e. The van der Waals surface area contributed by atoms with Crippen molar-refractivity contribution in [2.24, 2.45) is 7.05 Å². The SMILES string of the molecule is COc1cc(C#N)ccc1-n1c(=S)[nH]c2c(C)nn(C)c21. The Bertz CT molecular complexity index is 941. The molecule has 0 aliphatic carbocycles. The number of aromatic amines is 1. The second-order valence-corrected chi connectivity index (χ2v) is 5.06. The number of ether oxygens (including phenoxy) is 1. The third-order valence-corrected chi connectivity index (χ3v) is 3.67. The molecule has 6 nitrogen and oxygen atoms in total. The fourth-order valence-corrected chi connectivity index (χ4v) is 2.75. The summed E-state index contributed by atoms with van der Waals surface area (Å²) in [5, 5.41) is 13.4. The van der Waals surface area contributed by atoms with Crippen LogP contribution in [-0.2, 0) is 7.05 Å². The summed E-state index contributed by atoms with van der Waals surface area (Å²) in [7, 11) is 3.44. The fourth-order valence-electron chi connectivity index (χ4n) is 2.46. The number of fused-ring (bicyclic) bond motifs is 1. The van der Waals surface area contributed by atoms with Crippen LogP contribution in [0.15, 0.2) is 18.2 Å². The Labute approximate surface area is 126 Å². The third kappa shape index (κ3) is 1.92. The Kier molecular flexibility index (Phi) is 3.03. The van der Waals surface area contributed by atoms with E-state index in [2.05, 4.69) is 16.2 Å². The highest BCUT2D eigenvalue weighted by atomic mass is 32.1. The number of aromatic nitrogens is 4. The van der Waals surface area contributed by atoms with Crippen molar-refractivity contribution in [1.29, 1.82) is 5.26 Å². The normalized spacial score (nSPS) is 10.8. The Morgan fingerprint density at radius 2 is 2.19 bits per heavy atom. The van der Waals surface area contributed by atoms with Gasteiger partial charge in [0.25, 0.3) is 0 Å². The number of H-pyrrole nitrogens is 1. The summed E-state index contributed by atoms with van der Waals surface area (Å²) in [6, 6.07) is 7.35. The quantitative estimate of drug-likeness (QED) is 0.738. The van der Waals surface area contributed by atoms with Gasteiger partial charge in [0, 0.05) is 13.1 Å². The highest BCUT2D eigenvalue weighted by molar-refractivity contribution is 7.71. The van der Waals surface area contributed by atoms with Crippen LogP contribution in [0.4, 0.5) is 0 Å². The van der Waals surface area contributed by atoms with E-state index in [9.17, 15) is 0 Å². The predicted molar refractivity (Wildman–Crippen MR) is 81.2 cm³/mol. The van der Waals surface area contributed by atoms with E-state index in [4.69, 9.17) is 22.2 Å². The molecule has 7 heteroatoms. The van der Waals surface area contributed by atoms with Crippen LogP contribution >= 0.6 is 12.2 Å². The summed E-state index contributed by atoms with van der Waals surface area (Å²) in [6.07, 6.45) is 0. The van der Waals surface area contributed by atoms with Gasteiger partial charge in [-0.2, -0.15) is 10.4 Å². The lowest BCUT2D eigenvalue weighted by atomic mass is 10.2. The summed E-state index contributed by atoms with van der Waals surface area (Å²) in [6.45, 7) is 1.92. The first-order valence-corrected chi connectivity index (χ1v) is 6.70. The van der Waals surface area contributed by atoms with E-state index < -0.39 is 0 Å². The second-order valence-electron chi connectivity index (χ2n) is 4.67. The molecule has 2 aromatic heterocycles. The number of nitrogens with one attached hydrogen (secondary N) is 1. The zero-order chi connectivity index (χ0) is 15.1. The maximum atomic E-state index is 9.00. The summed E-state index contributed by atoms with van der Waals surface area (Å²) >= 11 is 5.42. The lowest BCUT2D eigenvalue weighted by molar-refractivity contribution is 0.412. The topological polar surface area (TPSA) is 71.6 Å². The van der Waals surface area contributed by atoms with Gasteiger partial charge in [-0.05, 0) is 31.3 Å². The lowest BCUT2D eigenvalue weighted by Gasteiger charge is -2.10. The standard InChI is InChI=1S/C14H13N5OS/c1-8-12-13(18(2)17-8)19(14(21)16-12)10-5-4-9(7-15)6-11(10)20-3/h4-6H,1-3H3,(H,16,21). The first kappa shape index (κ1) is 13.4. The van der Waals surface area contributed by atoms with Crippen LogP contribution < -0.4 is 4.74 Å². The van der Waals surface area contributed by atoms with Gasteiger partial charge in [-0.3, -0.25) is 4.57 Å². The van der Waals surface area contributed by atoms with Crippen molar-refractivity contribution in [2.75, 3.05) is 7.11 Å². The van der Waals surface area contributed by atoms with Crippen LogP contribution in [0.3, 0.4) is 0 Å². The van der Waals surface area contributed by atoms with Crippen LogP contribution in [0.25, 0.3) is 16.9 Å². The summed E-state index contributed by atoms with van der Waals surface area (Å²) in [4.78, 5) is 3.17. The van der Waals surface area contributed by atoms with Crippen molar-refractivity contribution in [1.82, 2.24) is 19.3 Å². The van der Waals surface area contributed by atoms with Crippen LogP contribution in [0.5, 0.6) is 5.75 Å². The van der Waals surface area contributed by atoms with Crippen LogP contribution in [-0.4, -0.2) is 26.4 Å². The number of rotatable bonds is 2. The number of methoxy groups -OCH3 is 1. The zero-order valence-corrected chi connectivity index (χ0v) is 12.7. The first-order valence-electron chi connectivity index (χ1n) is 6.29. The fraction of sp³-hybridized carbons (Fsp3) is 0.214. The van der Waals surface area contributed by atoms with Crippen LogP contribution in [0.1, 0.15) is 11.3 Å². The first-order chi connectivity index (χ1) is 10.1. The van der Waals surface area contributed by atoms with E-state index in [-0.39, 0.29) is 0 Å². The Morgan fingerprint density at radius 1 is 1.43 bits per heavy atom. The van der Waals surface area contributed by atoms with Crippen molar-refractivity contribution in [3.8, 4) is 17.5 Å². The molecule has 21 heavy (non-hydrogen) atoms. The summed E-state index contributed by atoms with van der Waals surface area (Å²) in [5.74, 6) is 0.588. The molecule has 2 heterocycles. The molecule has 0 fully saturated rings. The number of benzene rings is 1. The molecule has 3 aromatic rings. The molecule has 0 spiro atoms. The Balaban J connectivity index is 2.38. The third-order valence-electron chi connectivity index (χ3n) is 3.39. The van der Waals surface area contributed by atoms with Crippen molar-refractivity contribution in [3.05, 3.63) is 34.2 Å². The van der Waals surface area contributed by atoms with Crippen LogP contribution in [0.2, 0.25) is 0 Å². The highest BCUT2D eigenvalue weighted by Gasteiger charge is 2.17. The highest BCUT2D eigenvalue weighted by Crippen LogP contribution is 2.28. The number of hydrogen-bond donors (Lipinski definition) is 1. The Morgan fingerprint density at radius 3 is 2.86 bits per heavy atom. The average Bonchev–Trinajstić information content (AvgIpc) is 2.96. The van der Waals surface area contributed by atoms with Crippen LogP contribution in [0, 0.1) is 23.0 Å². The van der Waals surface area contributed by atoms with E-state index in [1.165, 1.54) is 0 Å². The van der Waals surface area contributed by atoms with E-state index >= 15 is 0 Å². The van der Waals surface area contributed by atoms with Gasteiger partial charge >= 0.3 is 0 Å². The molecule has 0 aliphatic rings. The van der Waals surface area contributed by atoms with Gasteiger partial charge < -0.3 is 9.72 Å². The van der Waals surface area contributed by atoms with Gasteiger partial charge in [0.05, 0.1) is 30.1 Å². The van der Waals surface area contributed by atoms with Gasteiger partial charge in [-0.15, -0.1) is 0 Å².